The van der Waals surface area contributed by atoms with Crippen molar-refractivity contribution in [2.45, 2.75) is 6.92 Å². The highest BCUT2D eigenvalue weighted by Crippen LogP contribution is 2.37. The zero-order valence-electron chi connectivity index (χ0n) is 11.0. The van der Waals surface area contributed by atoms with Crippen molar-refractivity contribution < 1.29 is 4.79 Å². The van der Waals surface area contributed by atoms with Crippen LogP contribution >= 0.6 is 51.2 Å². The second-order valence-electron chi connectivity index (χ2n) is 4.46. The van der Waals surface area contributed by atoms with Crippen LogP contribution in [0.1, 0.15) is 10.4 Å². The van der Waals surface area contributed by atoms with E-state index in [4.69, 9.17) is 12.2 Å². The van der Waals surface area contributed by atoms with E-state index in [0.717, 1.165) is 15.0 Å². The second-order valence-corrected chi connectivity index (χ2v) is 8.00. The predicted octanol–water partition coefficient (Wildman–Crippen LogP) is 5.22. The molecule has 1 saturated heterocycles. The van der Waals surface area contributed by atoms with Crippen LogP contribution in [0.25, 0.3) is 6.08 Å². The van der Waals surface area contributed by atoms with Crippen LogP contribution in [0.3, 0.4) is 0 Å². The van der Waals surface area contributed by atoms with E-state index in [0.29, 0.717) is 9.23 Å². The summed E-state index contributed by atoms with van der Waals surface area (Å²) in [6.07, 6.45) is 1.93. The molecule has 0 N–H and O–H groups in total. The van der Waals surface area contributed by atoms with Crippen molar-refractivity contribution in [2.24, 2.45) is 0 Å². The summed E-state index contributed by atoms with van der Waals surface area (Å²) in [6.45, 7) is 2.04. The number of halogens is 1. The average molecular weight is 396 g/mol. The minimum atomic E-state index is -0.0554. The topological polar surface area (TPSA) is 20.3 Å². The lowest BCUT2D eigenvalue weighted by Crippen LogP contribution is -2.27. The first-order valence-electron chi connectivity index (χ1n) is 6.14. The smallest absolute Gasteiger partial charge is 0.268 e. The van der Waals surface area contributed by atoms with Crippen LogP contribution in [0, 0.1) is 6.92 Å². The van der Waals surface area contributed by atoms with Gasteiger partial charge in [0.25, 0.3) is 5.91 Å². The number of rotatable bonds is 2. The molecule has 0 radical (unpaired) electrons. The van der Waals surface area contributed by atoms with E-state index in [1.165, 1.54) is 17.3 Å². The number of hydrogen-bond donors (Lipinski definition) is 0. The molecule has 1 aromatic carbocycles. The highest BCUT2D eigenvalue weighted by atomic mass is 79.9. The molecule has 0 spiro atoms. The lowest BCUT2D eigenvalue weighted by molar-refractivity contribution is -0.113. The number of aryl methyl sites for hydroxylation is 1. The number of anilines is 1. The summed E-state index contributed by atoms with van der Waals surface area (Å²) in [7, 11) is 0. The van der Waals surface area contributed by atoms with Crippen molar-refractivity contribution in [1.29, 1.82) is 0 Å². The number of amides is 1. The Morgan fingerprint density at radius 1 is 1.24 bits per heavy atom. The highest BCUT2D eigenvalue weighted by molar-refractivity contribution is 9.10. The van der Waals surface area contributed by atoms with E-state index in [9.17, 15) is 4.79 Å². The third-order valence-corrected chi connectivity index (χ3v) is 5.84. The van der Waals surface area contributed by atoms with Crippen molar-refractivity contribution in [2.75, 3.05) is 4.90 Å². The molecule has 0 saturated carbocycles. The number of carbonyl (C=O) groups excluding carboxylic acids is 1. The Morgan fingerprint density at radius 3 is 2.57 bits per heavy atom. The van der Waals surface area contributed by atoms with Gasteiger partial charge in [-0.15, -0.1) is 11.3 Å². The minimum Gasteiger partial charge on any atom is -0.268 e. The third kappa shape index (κ3) is 2.99. The largest absolute Gasteiger partial charge is 0.270 e. The fourth-order valence-corrected chi connectivity index (χ4v) is 4.41. The highest BCUT2D eigenvalue weighted by Gasteiger charge is 2.33. The fourth-order valence-electron chi connectivity index (χ4n) is 1.93. The second kappa shape index (κ2) is 6.04. The summed E-state index contributed by atoms with van der Waals surface area (Å²) in [5.41, 5.74) is 1.97. The average Bonchev–Trinajstić information content (AvgIpc) is 2.97. The van der Waals surface area contributed by atoms with Gasteiger partial charge in [-0.2, -0.15) is 0 Å². The molecule has 2 heterocycles. The van der Waals surface area contributed by atoms with E-state index < -0.39 is 0 Å². The van der Waals surface area contributed by atoms with Crippen LogP contribution in [0.15, 0.2) is 45.1 Å². The maximum atomic E-state index is 12.6. The van der Waals surface area contributed by atoms with E-state index in [1.54, 1.807) is 16.2 Å². The number of benzene rings is 1. The van der Waals surface area contributed by atoms with Gasteiger partial charge in [0, 0.05) is 9.35 Å². The van der Waals surface area contributed by atoms with Gasteiger partial charge in [-0.05, 0) is 54.3 Å². The standard InChI is InChI=1S/C15H10BrNOS3/c1-9-6-7-20-12(9)8-13-14(18)17(15(19)21-13)11-4-2-10(16)3-5-11/h2-8H,1H3/b13-8+. The van der Waals surface area contributed by atoms with Crippen molar-refractivity contribution in [1.82, 2.24) is 0 Å². The van der Waals surface area contributed by atoms with Crippen LogP contribution in [-0.4, -0.2) is 10.2 Å². The maximum absolute atomic E-state index is 12.6. The summed E-state index contributed by atoms with van der Waals surface area (Å²) < 4.78 is 1.55. The molecule has 1 aromatic heterocycles. The van der Waals surface area contributed by atoms with Crippen molar-refractivity contribution in [3.63, 3.8) is 0 Å². The van der Waals surface area contributed by atoms with Crippen molar-refractivity contribution in [3.05, 3.63) is 55.5 Å². The summed E-state index contributed by atoms with van der Waals surface area (Å²) in [5, 5.41) is 2.02. The molecule has 1 aliphatic heterocycles. The summed E-state index contributed by atoms with van der Waals surface area (Å²) >= 11 is 11.7. The van der Waals surface area contributed by atoms with Gasteiger partial charge in [0.05, 0.1) is 10.6 Å². The SMILES string of the molecule is Cc1ccsc1/C=C1/SC(=S)N(c2ccc(Br)cc2)C1=O. The molecule has 2 aromatic rings. The van der Waals surface area contributed by atoms with Gasteiger partial charge >= 0.3 is 0 Å². The van der Waals surface area contributed by atoms with Gasteiger partial charge in [-0.1, -0.05) is 39.9 Å². The van der Waals surface area contributed by atoms with Gasteiger partial charge in [0.1, 0.15) is 0 Å². The van der Waals surface area contributed by atoms with Gasteiger partial charge < -0.3 is 0 Å². The number of thiocarbonyl (C=S) groups is 1. The Balaban J connectivity index is 1.94. The molecular formula is C15H10BrNOS3. The van der Waals surface area contributed by atoms with Crippen molar-refractivity contribution >= 4 is 73.2 Å². The van der Waals surface area contributed by atoms with Crippen LogP contribution < -0.4 is 4.90 Å². The molecule has 0 aliphatic carbocycles. The molecule has 3 rings (SSSR count). The Bertz CT molecular complexity index is 749. The van der Waals surface area contributed by atoms with Gasteiger partial charge in [0.15, 0.2) is 4.32 Å². The maximum Gasteiger partial charge on any atom is 0.270 e. The zero-order valence-corrected chi connectivity index (χ0v) is 15.0. The summed E-state index contributed by atoms with van der Waals surface area (Å²) in [4.78, 5) is 15.9. The molecule has 1 fully saturated rings. The van der Waals surface area contributed by atoms with Crippen LogP contribution in [0.5, 0.6) is 0 Å². The van der Waals surface area contributed by atoms with E-state index >= 15 is 0 Å². The van der Waals surface area contributed by atoms with Gasteiger partial charge in [0.2, 0.25) is 0 Å². The molecule has 1 aliphatic rings. The molecule has 106 valence electrons. The molecular weight excluding hydrogens is 386 g/mol. The number of carbonyl (C=O) groups is 1. The van der Waals surface area contributed by atoms with Crippen molar-refractivity contribution in [3.8, 4) is 0 Å². The predicted molar refractivity (Wildman–Crippen MR) is 98.9 cm³/mol. The Morgan fingerprint density at radius 2 is 1.95 bits per heavy atom. The molecule has 1 amide bonds. The first kappa shape index (κ1) is 15.0. The quantitative estimate of drug-likeness (QED) is 0.513. The van der Waals surface area contributed by atoms with Crippen LogP contribution in [0.2, 0.25) is 0 Å². The molecule has 0 bridgehead atoms. The lowest BCUT2D eigenvalue weighted by atomic mass is 10.2. The Kier molecular flexibility index (Phi) is 4.31. The first-order valence-corrected chi connectivity index (χ1v) is 9.03. The zero-order chi connectivity index (χ0) is 15.0. The lowest BCUT2D eigenvalue weighted by Gasteiger charge is -2.14. The van der Waals surface area contributed by atoms with E-state index in [-0.39, 0.29) is 5.91 Å². The molecule has 2 nitrogen and oxygen atoms in total. The van der Waals surface area contributed by atoms with E-state index in [2.05, 4.69) is 15.9 Å². The molecule has 0 atom stereocenters. The Hall–Kier alpha value is -0.950. The van der Waals surface area contributed by atoms with Gasteiger partial charge in [-0.3, -0.25) is 9.69 Å². The number of thioether (sulfide) groups is 1. The number of thiophene rings is 1. The fraction of sp³-hybridized carbons (Fsp3) is 0.0667. The van der Waals surface area contributed by atoms with Crippen LogP contribution in [0.4, 0.5) is 5.69 Å². The molecule has 0 unspecified atom stereocenters. The minimum absolute atomic E-state index is 0.0554. The monoisotopic (exact) mass is 395 g/mol. The number of hydrogen-bond acceptors (Lipinski definition) is 4. The summed E-state index contributed by atoms with van der Waals surface area (Å²) in [5.74, 6) is -0.0554. The van der Waals surface area contributed by atoms with Crippen LogP contribution in [-0.2, 0) is 4.79 Å². The molecule has 6 heteroatoms. The Labute approximate surface area is 145 Å². The third-order valence-electron chi connectivity index (χ3n) is 3.04. The normalized spacial score (nSPS) is 17.0. The first-order chi connectivity index (χ1) is 10.1. The number of nitrogens with zero attached hydrogens (tertiary/aromatic N) is 1. The summed E-state index contributed by atoms with van der Waals surface area (Å²) in [6, 6.07) is 9.62. The van der Waals surface area contributed by atoms with Gasteiger partial charge in [-0.25, -0.2) is 0 Å². The van der Waals surface area contributed by atoms with E-state index in [1.807, 2.05) is 48.7 Å². The molecule has 21 heavy (non-hydrogen) atoms.